The van der Waals surface area contributed by atoms with Crippen molar-refractivity contribution in [1.82, 2.24) is 15.8 Å². The summed E-state index contributed by atoms with van der Waals surface area (Å²) in [6, 6.07) is 16.5. The van der Waals surface area contributed by atoms with Gasteiger partial charge in [-0.1, -0.05) is 56.5 Å². The van der Waals surface area contributed by atoms with E-state index in [1.54, 1.807) is 41.3 Å². The van der Waals surface area contributed by atoms with Crippen LogP contribution in [0.15, 0.2) is 60.7 Å². The first kappa shape index (κ1) is 26.0. The molecule has 3 rings (SSSR count). The summed E-state index contributed by atoms with van der Waals surface area (Å²) in [6.07, 6.45) is 9.02. The summed E-state index contributed by atoms with van der Waals surface area (Å²) < 4.78 is 5.69. The number of carbonyl (C=O) groups is 3. The zero-order valence-electron chi connectivity index (χ0n) is 20.4. The molecule has 1 fully saturated rings. The summed E-state index contributed by atoms with van der Waals surface area (Å²) in [5.74, 6) is -0.207. The van der Waals surface area contributed by atoms with Crippen LogP contribution < -0.4 is 15.6 Å². The third-order valence-corrected chi connectivity index (χ3v) is 6.08. The monoisotopic (exact) mass is 477 g/mol. The molecule has 3 amide bonds. The Morgan fingerprint density at radius 3 is 2.34 bits per heavy atom. The van der Waals surface area contributed by atoms with Gasteiger partial charge in [-0.2, -0.15) is 0 Å². The quantitative estimate of drug-likeness (QED) is 0.302. The lowest BCUT2D eigenvalue weighted by molar-refractivity contribution is -0.132. The highest BCUT2D eigenvalue weighted by Crippen LogP contribution is 2.18. The molecule has 1 aliphatic heterocycles. The van der Waals surface area contributed by atoms with Crippen molar-refractivity contribution < 1.29 is 19.1 Å². The number of ether oxygens (including phenoxy) is 1. The standard InChI is InChI=1S/C28H35N3O4/c1-2-3-4-8-21-35-25-14-12-23(13-15-25)27(33)29-30-28(34)24-17-19-31(20-18-24)26(32)16-11-22-9-6-5-7-10-22/h5-7,9-16,24H,2-4,8,17-21H2,1H3,(H,29,33)(H,30,34)/b16-11+. The van der Waals surface area contributed by atoms with Gasteiger partial charge in [0.15, 0.2) is 0 Å². The minimum atomic E-state index is -0.383. The summed E-state index contributed by atoms with van der Waals surface area (Å²) in [4.78, 5) is 39.0. The van der Waals surface area contributed by atoms with E-state index in [2.05, 4.69) is 17.8 Å². The highest BCUT2D eigenvalue weighted by atomic mass is 16.5. The number of unbranched alkanes of at least 4 members (excludes halogenated alkanes) is 3. The van der Waals surface area contributed by atoms with Crippen LogP contribution in [0.25, 0.3) is 6.08 Å². The summed E-state index contributed by atoms with van der Waals surface area (Å²) in [6.45, 7) is 3.84. The fourth-order valence-electron chi connectivity index (χ4n) is 3.91. The van der Waals surface area contributed by atoms with Crippen molar-refractivity contribution in [2.24, 2.45) is 5.92 Å². The molecule has 0 bridgehead atoms. The molecule has 0 atom stereocenters. The van der Waals surface area contributed by atoms with Crippen molar-refractivity contribution >= 4 is 23.8 Å². The third-order valence-electron chi connectivity index (χ3n) is 6.08. The topological polar surface area (TPSA) is 87.7 Å². The SMILES string of the molecule is CCCCCCOc1ccc(C(=O)NNC(=O)C2CCN(C(=O)/C=C/c3ccccc3)CC2)cc1. The number of piperidine rings is 1. The average Bonchev–Trinajstić information content (AvgIpc) is 2.91. The first-order chi connectivity index (χ1) is 17.1. The molecule has 1 saturated heterocycles. The van der Waals surface area contributed by atoms with E-state index in [1.165, 1.54) is 12.8 Å². The van der Waals surface area contributed by atoms with E-state index in [1.807, 2.05) is 30.3 Å². The van der Waals surface area contributed by atoms with Crippen LogP contribution in [0.2, 0.25) is 0 Å². The number of hydrogen-bond donors (Lipinski definition) is 2. The van der Waals surface area contributed by atoms with E-state index < -0.39 is 0 Å². The molecule has 0 spiro atoms. The normalized spacial score (nSPS) is 14.0. The summed E-state index contributed by atoms with van der Waals surface area (Å²) in [5, 5.41) is 0. The van der Waals surface area contributed by atoms with Crippen molar-refractivity contribution in [2.75, 3.05) is 19.7 Å². The fraction of sp³-hybridized carbons (Fsp3) is 0.393. The Morgan fingerprint density at radius 2 is 1.66 bits per heavy atom. The number of rotatable bonds is 10. The molecule has 1 heterocycles. The van der Waals surface area contributed by atoms with Crippen molar-refractivity contribution in [3.63, 3.8) is 0 Å². The minimum absolute atomic E-state index is 0.0607. The summed E-state index contributed by atoms with van der Waals surface area (Å²) in [7, 11) is 0. The Hall–Kier alpha value is -3.61. The van der Waals surface area contributed by atoms with Crippen molar-refractivity contribution in [1.29, 1.82) is 0 Å². The highest BCUT2D eigenvalue weighted by Gasteiger charge is 2.26. The predicted octanol–water partition coefficient (Wildman–Crippen LogP) is 4.36. The molecule has 2 aromatic carbocycles. The van der Waals surface area contributed by atoms with Gasteiger partial charge in [0.25, 0.3) is 5.91 Å². The number of likely N-dealkylation sites (tertiary alicyclic amines) is 1. The van der Waals surface area contributed by atoms with Gasteiger partial charge in [0.1, 0.15) is 5.75 Å². The van der Waals surface area contributed by atoms with E-state index in [-0.39, 0.29) is 23.6 Å². The molecule has 0 unspecified atom stereocenters. The fourth-order valence-corrected chi connectivity index (χ4v) is 3.91. The molecule has 2 aromatic rings. The number of nitrogens with zero attached hydrogens (tertiary/aromatic N) is 1. The second kappa shape index (κ2) is 13.9. The van der Waals surface area contributed by atoms with E-state index in [0.717, 1.165) is 24.2 Å². The van der Waals surface area contributed by atoms with Gasteiger partial charge in [-0.25, -0.2) is 0 Å². The second-order valence-electron chi connectivity index (χ2n) is 8.72. The molecule has 7 nitrogen and oxygen atoms in total. The lowest BCUT2D eigenvalue weighted by Gasteiger charge is -2.30. The van der Waals surface area contributed by atoms with Crippen LogP contribution in [0.4, 0.5) is 0 Å². The van der Waals surface area contributed by atoms with E-state index >= 15 is 0 Å². The Bertz CT molecular complexity index is 981. The number of hydrogen-bond acceptors (Lipinski definition) is 4. The van der Waals surface area contributed by atoms with Crippen molar-refractivity contribution in [3.05, 3.63) is 71.8 Å². The lowest BCUT2D eigenvalue weighted by Crippen LogP contribution is -2.48. The average molecular weight is 478 g/mol. The first-order valence-electron chi connectivity index (χ1n) is 12.4. The molecule has 0 saturated carbocycles. The smallest absolute Gasteiger partial charge is 0.269 e. The molecule has 35 heavy (non-hydrogen) atoms. The van der Waals surface area contributed by atoms with Gasteiger partial charge in [0.05, 0.1) is 6.61 Å². The second-order valence-corrected chi connectivity index (χ2v) is 8.72. The van der Waals surface area contributed by atoms with Gasteiger partial charge in [0, 0.05) is 30.6 Å². The van der Waals surface area contributed by atoms with Gasteiger partial charge in [0.2, 0.25) is 11.8 Å². The summed E-state index contributed by atoms with van der Waals surface area (Å²) in [5.41, 5.74) is 6.41. The molecule has 0 aromatic heterocycles. The Morgan fingerprint density at radius 1 is 0.943 bits per heavy atom. The maximum absolute atomic E-state index is 12.5. The van der Waals surface area contributed by atoms with Gasteiger partial charge in [-0.3, -0.25) is 25.2 Å². The molecule has 186 valence electrons. The maximum Gasteiger partial charge on any atom is 0.269 e. The Labute approximate surface area is 207 Å². The van der Waals surface area contributed by atoms with Crippen LogP contribution >= 0.6 is 0 Å². The molecule has 7 heteroatoms. The molecule has 0 radical (unpaired) electrons. The molecule has 0 aliphatic carbocycles. The van der Waals surface area contributed by atoms with Gasteiger partial charge in [-0.15, -0.1) is 0 Å². The minimum Gasteiger partial charge on any atom is -0.494 e. The van der Waals surface area contributed by atoms with Gasteiger partial charge < -0.3 is 9.64 Å². The van der Waals surface area contributed by atoms with Crippen molar-refractivity contribution in [2.45, 2.75) is 45.4 Å². The predicted molar refractivity (Wildman–Crippen MR) is 136 cm³/mol. The van der Waals surface area contributed by atoms with Crippen LogP contribution in [0, 0.1) is 5.92 Å². The van der Waals surface area contributed by atoms with Crippen LogP contribution in [-0.4, -0.2) is 42.3 Å². The van der Waals surface area contributed by atoms with Crippen LogP contribution in [0.1, 0.15) is 61.4 Å². The zero-order valence-corrected chi connectivity index (χ0v) is 20.4. The van der Waals surface area contributed by atoms with E-state index in [0.29, 0.717) is 38.1 Å². The molecule has 1 aliphatic rings. The summed E-state index contributed by atoms with van der Waals surface area (Å²) >= 11 is 0. The van der Waals surface area contributed by atoms with Gasteiger partial charge in [-0.05, 0) is 55.2 Å². The van der Waals surface area contributed by atoms with Crippen LogP contribution in [0.5, 0.6) is 5.75 Å². The maximum atomic E-state index is 12.5. The Kier molecular flexibility index (Phi) is 10.4. The number of amides is 3. The third kappa shape index (κ3) is 8.59. The highest BCUT2D eigenvalue weighted by molar-refractivity contribution is 5.95. The van der Waals surface area contributed by atoms with E-state index in [4.69, 9.17) is 4.74 Å². The van der Waals surface area contributed by atoms with Crippen molar-refractivity contribution in [3.8, 4) is 5.75 Å². The molecular weight excluding hydrogens is 442 g/mol. The zero-order chi connectivity index (χ0) is 24.9. The molecular formula is C28H35N3O4. The molecule has 2 N–H and O–H groups in total. The van der Waals surface area contributed by atoms with Gasteiger partial charge >= 0.3 is 0 Å². The number of hydrazine groups is 1. The van der Waals surface area contributed by atoms with Crippen LogP contribution in [0.3, 0.4) is 0 Å². The Balaban J connectivity index is 1.36. The largest absolute Gasteiger partial charge is 0.494 e. The number of carbonyl (C=O) groups excluding carboxylic acids is 3. The number of nitrogens with one attached hydrogen (secondary N) is 2. The van der Waals surface area contributed by atoms with E-state index in [9.17, 15) is 14.4 Å². The number of benzene rings is 2. The first-order valence-corrected chi connectivity index (χ1v) is 12.4. The van der Waals surface area contributed by atoms with Crippen LogP contribution in [-0.2, 0) is 9.59 Å². The lowest BCUT2D eigenvalue weighted by atomic mass is 9.96.